The zero-order valence-corrected chi connectivity index (χ0v) is 14.4. The summed E-state index contributed by atoms with van der Waals surface area (Å²) in [6, 6.07) is 4.16. The molecule has 1 aromatic rings. The van der Waals surface area contributed by atoms with Crippen LogP contribution in [0, 0.1) is 5.92 Å². The van der Waals surface area contributed by atoms with Crippen molar-refractivity contribution in [3.05, 3.63) is 23.9 Å². The second kappa shape index (κ2) is 8.35. The van der Waals surface area contributed by atoms with Gasteiger partial charge in [-0.15, -0.1) is 0 Å². The standard InChI is InChI=1S/C17H31N3O/c1-14(2)13-20(10-11-21-6)16-15(8-7-9-18-16)12-19-17(3,4)5/h7-9,14,19H,10-13H2,1-6H3. The van der Waals surface area contributed by atoms with Crippen molar-refractivity contribution in [3.63, 3.8) is 0 Å². The van der Waals surface area contributed by atoms with Gasteiger partial charge in [-0.3, -0.25) is 0 Å². The van der Waals surface area contributed by atoms with Gasteiger partial charge in [0.05, 0.1) is 6.61 Å². The normalized spacial score (nSPS) is 12.0. The number of ether oxygens (including phenoxy) is 1. The topological polar surface area (TPSA) is 37.4 Å². The van der Waals surface area contributed by atoms with Crippen LogP contribution in [0.2, 0.25) is 0 Å². The van der Waals surface area contributed by atoms with Crippen molar-refractivity contribution in [3.8, 4) is 0 Å². The minimum Gasteiger partial charge on any atom is -0.383 e. The van der Waals surface area contributed by atoms with E-state index >= 15 is 0 Å². The molecule has 0 amide bonds. The van der Waals surface area contributed by atoms with E-state index in [2.05, 4.69) is 55.9 Å². The van der Waals surface area contributed by atoms with Crippen LogP contribution in [0.25, 0.3) is 0 Å². The van der Waals surface area contributed by atoms with Crippen LogP contribution >= 0.6 is 0 Å². The molecule has 0 aromatic carbocycles. The smallest absolute Gasteiger partial charge is 0.133 e. The van der Waals surface area contributed by atoms with E-state index < -0.39 is 0 Å². The summed E-state index contributed by atoms with van der Waals surface area (Å²) in [4.78, 5) is 6.94. The minimum absolute atomic E-state index is 0.0997. The van der Waals surface area contributed by atoms with E-state index in [4.69, 9.17) is 4.74 Å². The summed E-state index contributed by atoms with van der Waals surface area (Å²) in [6.45, 7) is 14.4. The summed E-state index contributed by atoms with van der Waals surface area (Å²) >= 11 is 0. The molecule has 0 atom stereocenters. The fraction of sp³-hybridized carbons (Fsp3) is 0.706. The summed E-state index contributed by atoms with van der Waals surface area (Å²) in [7, 11) is 1.74. The van der Waals surface area contributed by atoms with Crippen molar-refractivity contribution in [2.75, 3.05) is 31.7 Å². The molecule has 0 saturated heterocycles. The van der Waals surface area contributed by atoms with Crippen LogP contribution in [-0.4, -0.2) is 37.3 Å². The minimum atomic E-state index is 0.0997. The Bertz CT molecular complexity index is 413. The quantitative estimate of drug-likeness (QED) is 0.799. The summed E-state index contributed by atoms with van der Waals surface area (Å²) in [5.74, 6) is 1.66. The highest BCUT2D eigenvalue weighted by molar-refractivity contribution is 5.46. The third-order valence-corrected chi connectivity index (χ3v) is 3.13. The molecule has 0 aliphatic rings. The molecule has 0 fully saturated rings. The SMILES string of the molecule is COCCN(CC(C)C)c1ncccc1CNC(C)(C)C. The highest BCUT2D eigenvalue weighted by Crippen LogP contribution is 2.19. The van der Waals surface area contributed by atoms with E-state index in [1.807, 2.05) is 12.3 Å². The molecule has 1 heterocycles. The van der Waals surface area contributed by atoms with Crippen molar-refractivity contribution >= 4 is 5.82 Å². The maximum Gasteiger partial charge on any atom is 0.133 e. The highest BCUT2D eigenvalue weighted by atomic mass is 16.5. The molecule has 1 rings (SSSR count). The number of aromatic nitrogens is 1. The van der Waals surface area contributed by atoms with Gasteiger partial charge in [0, 0.05) is 44.0 Å². The number of hydrogen-bond donors (Lipinski definition) is 1. The lowest BCUT2D eigenvalue weighted by atomic mass is 10.1. The highest BCUT2D eigenvalue weighted by Gasteiger charge is 2.16. The van der Waals surface area contributed by atoms with Crippen LogP contribution in [0.4, 0.5) is 5.82 Å². The molecule has 0 spiro atoms. The van der Waals surface area contributed by atoms with E-state index in [1.165, 1.54) is 5.56 Å². The number of nitrogens with one attached hydrogen (secondary N) is 1. The zero-order chi connectivity index (χ0) is 15.9. The molecule has 4 heteroatoms. The van der Waals surface area contributed by atoms with E-state index in [0.717, 1.165) is 32.1 Å². The summed E-state index contributed by atoms with van der Waals surface area (Å²) in [5, 5.41) is 3.54. The fourth-order valence-corrected chi connectivity index (χ4v) is 2.14. The predicted molar refractivity (Wildman–Crippen MR) is 89.8 cm³/mol. The summed E-state index contributed by atoms with van der Waals surface area (Å²) in [6.07, 6.45) is 1.87. The predicted octanol–water partition coefficient (Wildman–Crippen LogP) is 3.08. The fourth-order valence-electron chi connectivity index (χ4n) is 2.14. The first-order valence-electron chi connectivity index (χ1n) is 7.76. The molecule has 1 aromatic heterocycles. The maximum atomic E-state index is 5.24. The van der Waals surface area contributed by atoms with Gasteiger partial charge in [-0.25, -0.2) is 4.98 Å². The zero-order valence-electron chi connectivity index (χ0n) is 14.4. The first-order valence-corrected chi connectivity index (χ1v) is 7.76. The molecule has 4 nitrogen and oxygen atoms in total. The van der Waals surface area contributed by atoms with Gasteiger partial charge in [0.1, 0.15) is 5.82 Å². The van der Waals surface area contributed by atoms with Crippen molar-refractivity contribution in [2.24, 2.45) is 5.92 Å². The molecule has 1 N–H and O–H groups in total. The Labute approximate surface area is 129 Å². The largest absolute Gasteiger partial charge is 0.383 e. The number of rotatable bonds is 8. The van der Waals surface area contributed by atoms with E-state index in [0.29, 0.717) is 5.92 Å². The first-order chi connectivity index (χ1) is 9.83. The lowest BCUT2D eigenvalue weighted by Crippen LogP contribution is -2.37. The Morgan fingerprint density at radius 3 is 2.62 bits per heavy atom. The second-order valence-electron chi connectivity index (χ2n) is 6.92. The average molecular weight is 293 g/mol. The molecule has 21 heavy (non-hydrogen) atoms. The van der Waals surface area contributed by atoms with E-state index in [9.17, 15) is 0 Å². The third-order valence-electron chi connectivity index (χ3n) is 3.13. The Kier molecular flexibility index (Phi) is 7.12. The molecule has 0 bridgehead atoms. The number of pyridine rings is 1. The lowest BCUT2D eigenvalue weighted by Gasteiger charge is -2.28. The van der Waals surface area contributed by atoms with Crippen LogP contribution in [0.1, 0.15) is 40.2 Å². The monoisotopic (exact) mass is 293 g/mol. The molecule has 0 saturated carbocycles. The second-order valence-corrected chi connectivity index (χ2v) is 6.92. The van der Waals surface area contributed by atoms with Gasteiger partial charge in [-0.1, -0.05) is 19.9 Å². The molecule has 0 radical (unpaired) electrons. The molecule has 0 aliphatic heterocycles. The molecule has 0 aliphatic carbocycles. The molecule has 120 valence electrons. The molecular weight excluding hydrogens is 262 g/mol. The number of hydrogen-bond acceptors (Lipinski definition) is 4. The van der Waals surface area contributed by atoms with Crippen LogP contribution in [0.3, 0.4) is 0 Å². The third kappa shape index (κ3) is 6.91. The van der Waals surface area contributed by atoms with Crippen molar-refractivity contribution < 1.29 is 4.74 Å². The van der Waals surface area contributed by atoms with Crippen LogP contribution in [-0.2, 0) is 11.3 Å². The Hall–Kier alpha value is -1.13. The molecular formula is C17H31N3O. The van der Waals surface area contributed by atoms with E-state index in [1.54, 1.807) is 7.11 Å². The number of nitrogens with zero attached hydrogens (tertiary/aromatic N) is 2. The number of methoxy groups -OCH3 is 1. The number of anilines is 1. The lowest BCUT2D eigenvalue weighted by molar-refractivity contribution is 0.204. The van der Waals surface area contributed by atoms with Crippen molar-refractivity contribution in [2.45, 2.75) is 46.7 Å². The van der Waals surface area contributed by atoms with Gasteiger partial charge in [-0.2, -0.15) is 0 Å². The van der Waals surface area contributed by atoms with Gasteiger partial charge in [-0.05, 0) is 32.8 Å². The first kappa shape index (κ1) is 17.9. The van der Waals surface area contributed by atoms with Gasteiger partial charge in [0.25, 0.3) is 0 Å². The van der Waals surface area contributed by atoms with Crippen molar-refractivity contribution in [1.82, 2.24) is 10.3 Å². The Morgan fingerprint density at radius 2 is 2.05 bits per heavy atom. The summed E-state index contributed by atoms with van der Waals surface area (Å²) < 4.78 is 5.24. The van der Waals surface area contributed by atoms with Gasteiger partial charge in [0.2, 0.25) is 0 Å². The van der Waals surface area contributed by atoms with Crippen LogP contribution in [0.15, 0.2) is 18.3 Å². The molecule has 0 unspecified atom stereocenters. The van der Waals surface area contributed by atoms with Crippen LogP contribution < -0.4 is 10.2 Å². The summed E-state index contributed by atoms with van der Waals surface area (Å²) in [5.41, 5.74) is 1.34. The van der Waals surface area contributed by atoms with Crippen molar-refractivity contribution in [1.29, 1.82) is 0 Å². The van der Waals surface area contributed by atoms with Gasteiger partial charge >= 0.3 is 0 Å². The Morgan fingerprint density at radius 1 is 1.33 bits per heavy atom. The Balaban J connectivity index is 2.90. The van der Waals surface area contributed by atoms with E-state index in [-0.39, 0.29) is 5.54 Å². The van der Waals surface area contributed by atoms with Crippen LogP contribution in [0.5, 0.6) is 0 Å². The van der Waals surface area contributed by atoms with Gasteiger partial charge in [0.15, 0.2) is 0 Å². The van der Waals surface area contributed by atoms with Gasteiger partial charge < -0.3 is 15.0 Å². The maximum absolute atomic E-state index is 5.24. The average Bonchev–Trinajstić information content (AvgIpc) is 2.40.